The maximum atomic E-state index is 12.4. The number of aromatic nitrogens is 2. The van der Waals surface area contributed by atoms with Crippen LogP contribution in [0.25, 0.3) is 0 Å². The summed E-state index contributed by atoms with van der Waals surface area (Å²) in [5.41, 5.74) is 0.724. The van der Waals surface area contributed by atoms with Gasteiger partial charge in [0.2, 0.25) is 5.56 Å². The maximum Gasteiger partial charge on any atom is 0.272 e. The summed E-state index contributed by atoms with van der Waals surface area (Å²) in [5.74, 6) is 0.797. The fourth-order valence-electron chi connectivity index (χ4n) is 2.17. The van der Waals surface area contributed by atoms with Crippen LogP contribution in [0, 0.1) is 0 Å². The second kappa shape index (κ2) is 5.88. The molecule has 0 spiro atoms. The molecule has 0 bridgehead atoms. The van der Waals surface area contributed by atoms with Crippen LogP contribution in [0.4, 0.5) is 0 Å². The molecule has 0 fully saturated rings. The van der Waals surface area contributed by atoms with E-state index in [1.165, 1.54) is 17.2 Å². The molecule has 0 aromatic carbocycles. The molecule has 2 aromatic rings. The molecule has 0 radical (unpaired) electrons. The van der Waals surface area contributed by atoms with E-state index in [4.69, 9.17) is 9.47 Å². The lowest BCUT2D eigenvalue weighted by atomic mass is 10.2. The van der Waals surface area contributed by atoms with Crippen LogP contribution in [-0.4, -0.2) is 41.0 Å². The van der Waals surface area contributed by atoms with Gasteiger partial charge in [-0.15, -0.1) is 0 Å². The molecule has 1 aliphatic rings. The second-order valence-electron chi connectivity index (χ2n) is 4.91. The first kappa shape index (κ1) is 14.1. The highest BCUT2D eigenvalue weighted by Crippen LogP contribution is 2.29. The number of H-pyrrole nitrogens is 1. The second-order valence-corrected chi connectivity index (χ2v) is 4.91. The predicted octanol–water partition coefficient (Wildman–Crippen LogP) is 0.813. The molecule has 22 heavy (non-hydrogen) atoms. The van der Waals surface area contributed by atoms with Crippen molar-refractivity contribution in [2.45, 2.75) is 6.54 Å². The molecule has 2 aromatic heterocycles. The third kappa shape index (κ3) is 2.93. The first-order valence-corrected chi connectivity index (χ1v) is 6.83. The van der Waals surface area contributed by atoms with Gasteiger partial charge < -0.3 is 19.4 Å². The zero-order chi connectivity index (χ0) is 15.5. The lowest BCUT2D eigenvalue weighted by Gasteiger charge is -2.20. The number of aromatic amines is 1. The molecule has 0 saturated heterocycles. The monoisotopic (exact) mass is 301 g/mol. The van der Waals surface area contributed by atoms with Gasteiger partial charge in [-0.2, -0.15) is 0 Å². The van der Waals surface area contributed by atoms with Crippen molar-refractivity contribution in [3.8, 4) is 11.5 Å². The molecule has 3 rings (SSSR count). The van der Waals surface area contributed by atoms with Crippen molar-refractivity contribution in [1.82, 2.24) is 14.9 Å². The molecule has 3 heterocycles. The van der Waals surface area contributed by atoms with Gasteiger partial charge in [0.1, 0.15) is 18.9 Å². The Hall–Kier alpha value is -2.83. The molecule has 7 nitrogen and oxygen atoms in total. The first-order valence-electron chi connectivity index (χ1n) is 6.83. The van der Waals surface area contributed by atoms with Gasteiger partial charge in [0.15, 0.2) is 11.5 Å². The van der Waals surface area contributed by atoms with Crippen LogP contribution in [0.3, 0.4) is 0 Å². The Balaban J connectivity index is 1.76. The molecule has 0 aliphatic carbocycles. The van der Waals surface area contributed by atoms with Crippen LogP contribution < -0.4 is 15.0 Å². The number of pyridine rings is 2. The minimum atomic E-state index is -0.262. The summed E-state index contributed by atoms with van der Waals surface area (Å²) in [6, 6.07) is 6.39. The summed E-state index contributed by atoms with van der Waals surface area (Å²) < 4.78 is 10.8. The number of carbonyl (C=O) groups is 1. The van der Waals surface area contributed by atoms with Crippen LogP contribution >= 0.6 is 0 Å². The Morgan fingerprint density at radius 1 is 1.32 bits per heavy atom. The van der Waals surface area contributed by atoms with Gasteiger partial charge in [-0.25, -0.2) is 4.98 Å². The molecule has 0 atom stereocenters. The summed E-state index contributed by atoms with van der Waals surface area (Å²) in [5, 5.41) is 0. The number of hydrogen-bond acceptors (Lipinski definition) is 5. The third-order valence-corrected chi connectivity index (χ3v) is 3.23. The van der Waals surface area contributed by atoms with Crippen molar-refractivity contribution in [2.75, 3.05) is 20.3 Å². The Kier molecular flexibility index (Phi) is 3.78. The lowest BCUT2D eigenvalue weighted by molar-refractivity contribution is 0.0776. The van der Waals surface area contributed by atoms with Gasteiger partial charge in [0, 0.05) is 24.9 Å². The fraction of sp³-hybridized carbons (Fsp3) is 0.267. The van der Waals surface area contributed by atoms with Crippen LogP contribution in [0.2, 0.25) is 0 Å². The number of carbonyl (C=O) groups excluding carboxylic acids is 1. The minimum Gasteiger partial charge on any atom is -0.486 e. The quantitative estimate of drug-likeness (QED) is 0.907. The Bertz CT molecular complexity index is 756. The Labute approximate surface area is 126 Å². The lowest BCUT2D eigenvalue weighted by Crippen LogP contribution is -2.28. The van der Waals surface area contributed by atoms with Crippen LogP contribution in [0.1, 0.15) is 16.2 Å². The topological polar surface area (TPSA) is 84.5 Å². The number of hydrogen-bond donors (Lipinski definition) is 1. The molecular weight excluding hydrogens is 286 g/mol. The summed E-state index contributed by atoms with van der Waals surface area (Å²) in [6.45, 7) is 1.21. The molecule has 114 valence electrons. The number of nitrogens with one attached hydrogen (secondary N) is 1. The van der Waals surface area contributed by atoms with Gasteiger partial charge in [0.25, 0.3) is 5.91 Å². The van der Waals surface area contributed by atoms with E-state index in [1.807, 2.05) is 0 Å². The van der Waals surface area contributed by atoms with Crippen molar-refractivity contribution < 1.29 is 14.3 Å². The van der Waals surface area contributed by atoms with E-state index < -0.39 is 0 Å². The standard InChI is InChI=1S/C15H15N3O4/c1-18(9-10-3-2-4-14(19)17-10)15(20)11-7-12-13(8-16-11)22-6-5-21-12/h2-4,7-8H,5-6,9H2,1H3,(H,17,19). The van der Waals surface area contributed by atoms with Gasteiger partial charge in [-0.1, -0.05) is 6.07 Å². The summed E-state index contributed by atoms with van der Waals surface area (Å²) in [6.07, 6.45) is 1.49. The number of ether oxygens (including phenoxy) is 2. The molecule has 1 aliphatic heterocycles. The summed E-state index contributed by atoms with van der Waals surface area (Å²) in [4.78, 5) is 31.9. The molecule has 0 unspecified atom stereocenters. The Morgan fingerprint density at radius 2 is 2.09 bits per heavy atom. The third-order valence-electron chi connectivity index (χ3n) is 3.23. The Morgan fingerprint density at radius 3 is 2.86 bits per heavy atom. The average molecular weight is 301 g/mol. The average Bonchev–Trinajstić information content (AvgIpc) is 2.53. The van der Waals surface area contributed by atoms with Crippen molar-refractivity contribution in [1.29, 1.82) is 0 Å². The predicted molar refractivity (Wildman–Crippen MR) is 78.1 cm³/mol. The van der Waals surface area contributed by atoms with E-state index in [9.17, 15) is 9.59 Å². The van der Waals surface area contributed by atoms with E-state index in [0.29, 0.717) is 30.4 Å². The van der Waals surface area contributed by atoms with Crippen molar-refractivity contribution in [3.63, 3.8) is 0 Å². The SMILES string of the molecule is CN(Cc1cccc(=O)[nH]1)C(=O)c1cc2c(cn1)OCCO2. The summed E-state index contributed by atoms with van der Waals surface area (Å²) in [7, 11) is 1.64. The van der Waals surface area contributed by atoms with E-state index in [2.05, 4.69) is 9.97 Å². The van der Waals surface area contributed by atoms with E-state index in [-0.39, 0.29) is 23.7 Å². The molecule has 0 saturated carbocycles. The van der Waals surface area contributed by atoms with Crippen LogP contribution in [0.15, 0.2) is 35.3 Å². The minimum absolute atomic E-state index is 0.198. The molecule has 1 amide bonds. The maximum absolute atomic E-state index is 12.4. The zero-order valence-electron chi connectivity index (χ0n) is 12.0. The van der Waals surface area contributed by atoms with E-state index >= 15 is 0 Å². The highest BCUT2D eigenvalue weighted by Gasteiger charge is 2.19. The first-order chi connectivity index (χ1) is 10.6. The molecular formula is C15H15N3O4. The van der Waals surface area contributed by atoms with E-state index in [0.717, 1.165) is 0 Å². The number of fused-ring (bicyclic) bond motifs is 1. The van der Waals surface area contributed by atoms with E-state index in [1.54, 1.807) is 25.2 Å². The summed E-state index contributed by atoms with van der Waals surface area (Å²) >= 11 is 0. The zero-order valence-corrected chi connectivity index (χ0v) is 12.0. The van der Waals surface area contributed by atoms with Gasteiger partial charge in [-0.3, -0.25) is 9.59 Å². The van der Waals surface area contributed by atoms with Crippen molar-refractivity contribution in [2.24, 2.45) is 0 Å². The van der Waals surface area contributed by atoms with Crippen molar-refractivity contribution >= 4 is 5.91 Å². The highest BCUT2D eigenvalue weighted by molar-refractivity contribution is 5.92. The number of nitrogens with zero attached hydrogens (tertiary/aromatic N) is 2. The fourth-order valence-corrected chi connectivity index (χ4v) is 2.17. The van der Waals surface area contributed by atoms with Crippen LogP contribution in [-0.2, 0) is 6.54 Å². The van der Waals surface area contributed by atoms with Gasteiger partial charge in [-0.05, 0) is 6.07 Å². The largest absolute Gasteiger partial charge is 0.486 e. The normalized spacial score (nSPS) is 12.8. The smallest absolute Gasteiger partial charge is 0.272 e. The van der Waals surface area contributed by atoms with Crippen LogP contribution in [0.5, 0.6) is 11.5 Å². The highest BCUT2D eigenvalue weighted by atomic mass is 16.6. The van der Waals surface area contributed by atoms with Gasteiger partial charge in [0.05, 0.1) is 12.7 Å². The molecule has 1 N–H and O–H groups in total. The number of rotatable bonds is 3. The molecule has 7 heteroatoms. The van der Waals surface area contributed by atoms with Crippen molar-refractivity contribution in [3.05, 3.63) is 52.2 Å². The van der Waals surface area contributed by atoms with Gasteiger partial charge >= 0.3 is 0 Å². The number of amides is 1.